The Kier molecular flexibility index (Phi) is 5.58. The van der Waals surface area contributed by atoms with E-state index in [1.165, 1.54) is 0 Å². The van der Waals surface area contributed by atoms with Crippen molar-refractivity contribution in [2.45, 2.75) is 6.92 Å². The lowest BCUT2D eigenvalue weighted by molar-refractivity contribution is 0.207. The van der Waals surface area contributed by atoms with Crippen LogP contribution in [0.15, 0.2) is 0 Å². The molecule has 62 valence electrons. The molecule has 0 aromatic rings. The van der Waals surface area contributed by atoms with E-state index in [-0.39, 0.29) is 6.61 Å². The van der Waals surface area contributed by atoms with Gasteiger partial charge in [0.05, 0.1) is 6.61 Å². The van der Waals surface area contributed by atoms with Crippen LogP contribution in [0.1, 0.15) is 6.92 Å². The Morgan fingerprint density at radius 3 is 2.60 bits per heavy atom. The van der Waals surface area contributed by atoms with Crippen molar-refractivity contribution in [2.75, 3.05) is 33.3 Å². The minimum absolute atomic E-state index is 0.230. The Morgan fingerprint density at radius 1 is 1.60 bits per heavy atom. The van der Waals surface area contributed by atoms with Crippen LogP contribution in [0, 0.1) is 5.92 Å². The molecular weight excluding hydrogens is 128 g/mol. The van der Waals surface area contributed by atoms with E-state index in [0.29, 0.717) is 5.92 Å². The SMILES string of the molecule is CC(CN)CN(C)CCO. The molecule has 0 heterocycles. The number of hydrogen-bond donors (Lipinski definition) is 2. The molecule has 0 spiro atoms. The first-order valence-corrected chi connectivity index (χ1v) is 3.70. The van der Waals surface area contributed by atoms with Gasteiger partial charge in [0.1, 0.15) is 0 Å². The number of nitrogens with zero attached hydrogens (tertiary/aromatic N) is 1. The molecule has 0 aromatic heterocycles. The Morgan fingerprint density at radius 2 is 2.20 bits per heavy atom. The quantitative estimate of drug-likeness (QED) is 0.550. The van der Waals surface area contributed by atoms with Crippen LogP contribution in [0.5, 0.6) is 0 Å². The van der Waals surface area contributed by atoms with Crippen LogP contribution >= 0.6 is 0 Å². The smallest absolute Gasteiger partial charge is 0.0558 e. The number of likely N-dealkylation sites (N-methyl/N-ethyl adjacent to an activating group) is 1. The molecule has 10 heavy (non-hydrogen) atoms. The minimum atomic E-state index is 0.230. The second kappa shape index (κ2) is 5.65. The maximum atomic E-state index is 8.55. The second-order valence-electron chi connectivity index (χ2n) is 2.83. The lowest BCUT2D eigenvalue weighted by atomic mass is 10.2. The van der Waals surface area contributed by atoms with Gasteiger partial charge in [0.2, 0.25) is 0 Å². The van der Waals surface area contributed by atoms with Crippen molar-refractivity contribution in [1.29, 1.82) is 0 Å². The Labute approximate surface area is 62.8 Å². The summed E-state index contributed by atoms with van der Waals surface area (Å²) in [5, 5.41) is 8.55. The Hall–Kier alpha value is -0.120. The molecule has 0 aromatic carbocycles. The molecule has 0 saturated carbocycles. The first-order valence-electron chi connectivity index (χ1n) is 3.70. The van der Waals surface area contributed by atoms with Gasteiger partial charge in [0, 0.05) is 13.1 Å². The molecule has 3 N–H and O–H groups in total. The summed E-state index contributed by atoms with van der Waals surface area (Å²) in [5.41, 5.74) is 5.43. The summed E-state index contributed by atoms with van der Waals surface area (Å²) in [6, 6.07) is 0. The number of aliphatic hydroxyl groups is 1. The molecule has 0 fully saturated rings. The molecule has 1 unspecified atom stereocenters. The van der Waals surface area contributed by atoms with Crippen LogP contribution < -0.4 is 5.73 Å². The number of rotatable bonds is 5. The Bertz CT molecular complexity index is 78.0. The van der Waals surface area contributed by atoms with Crippen LogP contribution in [-0.2, 0) is 0 Å². The van der Waals surface area contributed by atoms with Gasteiger partial charge < -0.3 is 15.7 Å². The average molecular weight is 146 g/mol. The van der Waals surface area contributed by atoms with Crippen LogP contribution in [0.4, 0.5) is 0 Å². The fraction of sp³-hybridized carbons (Fsp3) is 1.00. The predicted octanol–water partition coefficient (Wildman–Crippen LogP) is -0.495. The first-order chi connectivity index (χ1) is 4.70. The summed E-state index contributed by atoms with van der Waals surface area (Å²) in [6.45, 7) is 4.76. The lowest BCUT2D eigenvalue weighted by Crippen LogP contribution is -2.30. The maximum absolute atomic E-state index is 8.55. The number of aliphatic hydroxyl groups excluding tert-OH is 1. The van der Waals surface area contributed by atoms with Crippen molar-refractivity contribution in [3.05, 3.63) is 0 Å². The summed E-state index contributed by atoms with van der Waals surface area (Å²) in [5.74, 6) is 0.525. The Balaban J connectivity index is 3.27. The predicted molar refractivity (Wildman–Crippen MR) is 42.8 cm³/mol. The van der Waals surface area contributed by atoms with Gasteiger partial charge in [-0.2, -0.15) is 0 Å². The zero-order valence-corrected chi connectivity index (χ0v) is 6.88. The second-order valence-corrected chi connectivity index (χ2v) is 2.83. The van der Waals surface area contributed by atoms with Crippen LogP contribution in [0.2, 0.25) is 0 Å². The monoisotopic (exact) mass is 146 g/mol. The fourth-order valence-corrected chi connectivity index (χ4v) is 0.869. The van der Waals surface area contributed by atoms with Crippen molar-refractivity contribution in [2.24, 2.45) is 11.7 Å². The molecule has 1 atom stereocenters. The van der Waals surface area contributed by atoms with Crippen molar-refractivity contribution in [3.8, 4) is 0 Å². The highest BCUT2D eigenvalue weighted by atomic mass is 16.3. The molecule has 0 aliphatic carbocycles. The molecule has 0 aliphatic heterocycles. The van der Waals surface area contributed by atoms with Gasteiger partial charge in [0.15, 0.2) is 0 Å². The summed E-state index contributed by atoms with van der Waals surface area (Å²) < 4.78 is 0. The van der Waals surface area contributed by atoms with Crippen LogP contribution in [0.3, 0.4) is 0 Å². The van der Waals surface area contributed by atoms with E-state index >= 15 is 0 Å². The van der Waals surface area contributed by atoms with Gasteiger partial charge in [-0.25, -0.2) is 0 Å². The minimum Gasteiger partial charge on any atom is -0.395 e. The lowest BCUT2D eigenvalue weighted by Gasteiger charge is -2.18. The zero-order chi connectivity index (χ0) is 7.98. The van der Waals surface area contributed by atoms with E-state index < -0.39 is 0 Å². The molecule has 0 bridgehead atoms. The molecule has 0 amide bonds. The fourth-order valence-electron chi connectivity index (χ4n) is 0.869. The summed E-state index contributed by atoms with van der Waals surface area (Å²) in [7, 11) is 1.99. The standard InChI is InChI=1S/C7H18N2O/c1-7(5-8)6-9(2)3-4-10/h7,10H,3-6,8H2,1-2H3. The molecule has 0 rings (SSSR count). The van der Waals surface area contributed by atoms with Crippen molar-refractivity contribution >= 4 is 0 Å². The van der Waals surface area contributed by atoms with Crippen molar-refractivity contribution in [1.82, 2.24) is 4.90 Å². The zero-order valence-electron chi connectivity index (χ0n) is 6.88. The van der Waals surface area contributed by atoms with E-state index in [0.717, 1.165) is 19.6 Å². The maximum Gasteiger partial charge on any atom is 0.0558 e. The van der Waals surface area contributed by atoms with Crippen LogP contribution in [0.25, 0.3) is 0 Å². The molecule has 3 heteroatoms. The van der Waals surface area contributed by atoms with E-state index in [1.54, 1.807) is 0 Å². The van der Waals surface area contributed by atoms with Crippen LogP contribution in [-0.4, -0.2) is 43.3 Å². The van der Waals surface area contributed by atoms with E-state index in [2.05, 4.69) is 11.8 Å². The first kappa shape index (κ1) is 9.88. The van der Waals surface area contributed by atoms with E-state index in [9.17, 15) is 0 Å². The van der Waals surface area contributed by atoms with Gasteiger partial charge in [-0.1, -0.05) is 6.92 Å². The van der Waals surface area contributed by atoms with E-state index in [4.69, 9.17) is 10.8 Å². The van der Waals surface area contributed by atoms with Gasteiger partial charge in [0.25, 0.3) is 0 Å². The highest BCUT2D eigenvalue weighted by Gasteiger charge is 2.02. The molecule has 0 radical (unpaired) electrons. The molecule has 3 nitrogen and oxygen atoms in total. The van der Waals surface area contributed by atoms with Gasteiger partial charge in [-0.15, -0.1) is 0 Å². The van der Waals surface area contributed by atoms with Crippen molar-refractivity contribution < 1.29 is 5.11 Å². The summed E-state index contributed by atoms with van der Waals surface area (Å²) in [4.78, 5) is 2.08. The van der Waals surface area contributed by atoms with Gasteiger partial charge >= 0.3 is 0 Å². The normalized spacial score (nSPS) is 14.1. The average Bonchev–Trinajstić information content (AvgIpc) is 1.88. The third-order valence-electron chi connectivity index (χ3n) is 1.51. The largest absolute Gasteiger partial charge is 0.395 e. The molecule has 0 aliphatic rings. The number of hydrogen-bond acceptors (Lipinski definition) is 3. The number of nitrogens with two attached hydrogens (primary N) is 1. The highest BCUT2D eigenvalue weighted by Crippen LogP contribution is 1.93. The van der Waals surface area contributed by atoms with Gasteiger partial charge in [-0.3, -0.25) is 0 Å². The topological polar surface area (TPSA) is 49.5 Å². The third kappa shape index (κ3) is 4.73. The molecule has 0 saturated heterocycles. The highest BCUT2D eigenvalue weighted by molar-refractivity contribution is 4.58. The summed E-state index contributed by atoms with van der Waals surface area (Å²) >= 11 is 0. The van der Waals surface area contributed by atoms with Gasteiger partial charge in [-0.05, 0) is 19.5 Å². The third-order valence-corrected chi connectivity index (χ3v) is 1.51. The van der Waals surface area contributed by atoms with Crippen molar-refractivity contribution in [3.63, 3.8) is 0 Å². The summed E-state index contributed by atoms with van der Waals surface area (Å²) in [6.07, 6.45) is 0. The molecular formula is C7H18N2O. The van der Waals surface area contributed by atoms with E-state index in [1.807, 2.05) is 7.05 Å².